The van der Waals surface area contributed by atoms with E-state index in [2.05, 4.69) is 10.3 Å². The molecule has 2 heterocycles. The lowest BCUT2D eigenvalue weighted by Gasteiger charge is -2.20. The van der Waals surface area contributed by atoms with Crippen molar-refractivity contribution >= 4 is 21.6 Å². The summed E-state index contributed by atoms with van der Waals surface area (Å²) in [6.07, 6.45) is 2.97. The van der Waals surface area contributed by atoms with Crippen molar-refractivity contribution in [2.75, 3.05) is 13.1 Å². The minimum absolute atomic E-state index is 0.0289. The quantitative estimate of drug-likeness (QED) is 0.629. The van der Waals surface area contributed by atoms with Gasteiger partial charge >= 0.3 is 0 Å². The van der Waals surface area contributed by atoms with E-state index in [1.165, 1.54) is 29.0 Å². The van der Waals surface area contributed by atoms with Crippen molar-refractivity contribution in [1.82, 2.24) is 19.2 Å². The van der Waals surface area contributed by atoms with Crippen molar-refractivity contribution in [1.29, 1.82) is 0 Å². The normalized spacial score (nSPS) is 20.0. The molecule has 2 aromatic carbocycles. The highest BCUT2D eigenvalue weighted by atomic mass is 35.5. The molecule has 0 aliphatic carbocycles. The van der Waals surface area contributed by atoms with Crippen LogP contribution >= 0.6 is 11.6 Å². The van der Waals surface area contributed by atoms with E-state index in [1.807, 2.05) is 24.3 Å². The lowest BCUT2D eigenvalue weighted by atomic mass is 9.94. The Morgan fingerprint density at radius 2 is 1.83 bits per heavy atom. The van der Waals surface area contributed by atoms with Crippen LogP contribution in [-0.2, 0) is 23.6 Å². The average Bonchev–Trinajstić information content (AvgIpc) is 3.35. The molecule has 3 aromatic rings. The molecule has 0 bridgehead atoms. The van der Waals surface area contributed by atoms with E-state index in [0.29, 0.717) is 24.7 Å². The Balaban J connectivity index is 1.58. The maximum absolute atomic E-state index is 13.4. The van der Waals surface area contributed by atoms with E-state index in [9.17, 15) is 12.8 Å². The van der Waals surface area contributed by atoms with Gasteiger partial charge in [-0.05, 0) is 35.4 Å². The number of imidazole rings is 1. The molecule has 158 valence electrons. The Kier molecular flexibility index (Phi) is 5.92. The summed E-state index contributed by atoms with van der Waals surface area (Å²) in [4.78, 5) is 4.02. The van der Waals surface area contributed by atoms with Gasteiger partial charge in [-0.25, -0.2) is 17.8 Å². The van der Waals surface area contributed by atoms with Crippen molar-refractivity contribution in [3.05, 3.63) is 83.0 Å². The molecule has 1 saturated heterocycles. The van der Waals surface area contributed by atoms with Crippen LogP contribution in [0.15, 0.2) is 66.1 Å². The van der Waals surface area contributed by atoms with Crippen LogP contribution in [0.2, 0.25) is 5.02 Å². The summed E-state index contributed by atoms with van der Waals surface area (Å²) in [6, 6.07) is 13.6. The Hall–Kier alpha value is -2.26. The van der Waals surface area contributed by atoms with Gasteiger partial charge < -0.3 is 9.88 Å². The standard InChI is InChI=1S/C21H22ClFN4O2S/c1-26-13-21(25-14-26)30(28,29)27-11-19(16-4-8-18(23)9-5-16)20(12-27)24-10-15-2-6-17(22)7-3-15/h2-9,13-14,19-20,24H,10-12H2,1H3/t19-,20+/m0/s1. The number of nitrogens with zero attached hydrogens (tertiary/aromatic N) is 3. The van der Waals surface area contributed by atoms with E-state index >= 15 is 0 Å². The molecular weight excluding hydrogens is 427 g/mol. The summed E-state index contributed by atoms with van der Waals surface area (Å²) < 4.78 is 42.6. The van der Waals surface area contributed by atoms with Gasteiger partial charge in [0.05, 0.1) is 6.33 Å². The smallest absolute Gasteiger partial charge is 0.262 e. The number of hydrogen-bond donors (Lipinski definition) is 1. The number of sulfonamides is 1. The lowest BCUT2D eigenvalue weighted by Crippen LogP contribution is -2.36. The molecule has 1 aromatic heterocycles. The number of nitrogens with one attached hydrogen (secondary N) is 1. The zero-order chi connectivity index (χ0) is 21.3. The molecule has 30 heavy (non-hydrogen) atoms. The molecule has 0 unspecified atom stereocenters. The first-order valence-electron chi connectivity index (χ1n) is 9.54. The molecule has 1 fully saturated rings. The predicted molar refractivity (Wildman–Crippen MR) is 113 cm³/mol. The third-order valence-electron chi connectivity index (χ3n) is 5.35. The van der Waals surface area contributed by atoms with Crippen molar-refractivity contribution in [3.63, 3.8) is 0 Å². The van der Waals surface area contributed by atoms with E-state index in [0.717, 1.165) is 11.1 Å². The second kappa shape index (κ2) is 8.47. The summed E-state index contributed by atoms with van der Waals surface area (Å²) in [5, 5.41) is 4.16. The van der Waals surface area contributed by atoms with E-state index in [4.69, 9.17) is 11.6 Å². The monoisotopic (exact) mass is 448 g/mol. The number of rotatable bonds is 6. The van der Waals surface area contributed by atoms with Crippen LogP contribution in [0, 0.1) is 5.82 Å². The Bertz CT molecular complexity index is 1120. The fraction of sp³-hybridized carbons (Fsp3) is 0.286. The topological polar surface area (TPSA) is 67.2 Å². The van der Waals surface area contributed by atoms with Crippen molar-refractivity contribution in [3.8, 4) is 0 Å². The van der Waals surface area contributed by atoms with Crippen molar-refractivity contribution in [2.45, 2.75) is 23.5 Å². The number of aromatic nitrogens is 2. The van der Waals surface area contributed by atoms with E-state index in [-0.39, 0.29) is 22.8 Å². The van der Waals surface area contributed by atoms with E-state index < -0.39 is 10.0 Å². The predicted octanol–water partition coefficient (Wildman–Crippen LogP) is 3.16. The summed E-state index contributed by atoms with van der Waals surface area (Å²) in [7, 11) is -1.99. The van der Waals surface area contributed by atoms with Gasteiger partial charge in [-0.1, -0.05) is 35.9 Å². The van der Waals surface area contributed by atoms with Crippen LogP contribution in [0.5, 0.6) is 0 Å². The Morgan fingerprint density at radius 1 is 1.13 bits per heavy atom. The second-order valence-corrected chi connectivity index (χ2v) is 9.79. The molecule has 4 rings (SSSR count). The fourth-order valence-corrected chi connectivity index (χ4v) is 5.31. The molecule has 0 spiro atoms. The highest BCUT2D eigenvalue weighted by Crippen LogP contribution is 2.31. The van der Waals surface area contributed by atoms with Crippen LogP contribution in [0.3, 0.4) is 0 Å². The first-order valence-corrected chi connectivity index (χ1v) is 11.4. The van der Waals surface area contributed by atoms with Gasteiger partial charge in [-0.15, -0.1) is 0 Å². The summed E-state index contributed by atoms with van der Waals surface area (Å²) in [6.45, 7) is 1.16. The third kappa shape index (κ3) is 4.41. The zero-order valence-corrected chi connectivity index (χ0v) is 17.9. The van der Waals surface area contributed by atoms with E-state index in [1.54, 1.807) is 23.7 Å². The number of aryl methyl sites for hydroxylation is 1. The molecule has 6 nitrogen and oxygen atoms in total. The third-order valence-corrected chi connectivity index (χ3v) is 7.32. The molecule has 0 radical (unpaired) electrons. The second-order valence-electron chi connectivity index (χ2n) is 7.47. The Morgan fingerprint density at radius 3 is 2.47 bits per heavy atom. The van der Waals surface area contributed by atoms with Crippen LogP contribution in [-0.4, -0.2) is 41.4 Å². The lowest BCUT2D eigenvalue weighted by molar-refractivity contribution is 0.454. The largest absolute Gasteiger partial charge is 0.339 e. The number of halogens is 2. The van der Waals surface area contributed by atoms with Gasteiger partial charge in [0, 0.05) is 49.9 Å². The highest BCUT2D eigenvalue weighted by molar-refractivity contribution is 7.89. The first kappa shape index (κ1) is 21.0. The fourth-order valence-electron chi connectivity index (χ4n) is 3.72. The minimum Gasteiger partial charge on any atom is -0.339 e. The van der Waals surface area contributed by atoms with Gasteiger partial charge in [0.2, 0.25) is 0 Å². The Labute approximate surface area is 180 Å². The molecule has 9 heteroatoms. The number of hydrogen-bond acceptors (Lipinski definition) is 4. The van der Waals surface area contributed by atoms with Crippen LogP contribution in [0.1, 0.15) is 17.0 Å². The average molecular weight is 449 g/mol. The molecule has 2 atom stereocenters. The molecule has 0 amide bonds. The first-order chi connectivity index (χ1) is 14.3. The van der Waals surface area contributed by atoms with Crippen LogP contribution < -0.4 is 5.32 Å². The highest BCUT2D eigenvalue weighted by Gasteiger charge is 2.40. The van der Waals surface area contributed by atoms with Crippen molar-refractivity contribution < 1.29 is 12.8 Å². The minimum atomic E-state index is -3.72. The van der Waals surface area contributed by atoms with Gasteiger partial charge in [0.25, 0.3) is 10.0 Å². The molecule has 1 aliphatic rings. The molecule has 0 saturated carbocycles. The maximum Gasteiger partial charge on any atom is 0.262 e. The molecule has 1 aliphatic heterocycles. The van der Waals surface area contributed by atoms with Crippen molar-refractivity contribution in [2.24, 2.45) is 7.05 Å². The molecule has 1 N–H and O–H groups in total. The summed E-state index contributed by atoms with van der Waals surface area (Å²) in [5.41, 5.74) is 1.94. The maximum atomic E-state index is 13.4. The SMILES string of the molecule is Cn1cnc(S(=O)(=O)N2C[C@@H](NCc3ccc(Cl)cc3)[C@H](c3ccc(F)cc3)C2)c1. The van der Waals surface area contributed by atoms with Gasteiger partial charge in [-0.2, -0.15) is 4.31 Å². The van der Waals surface area contributed by atoms with Gasteiger partial charge in [0.1, 0.15) is 5.82 Å². The molecular formula is C21H22ClFN4O2S. The van der Waals surface area contributed by atoms with Crippen LogP contribution in [0.25, 0.3) is 0 Å². The summed E-state index contributed by atoms with van der Waals surface area (Å²) >= 11 is 5.95. The van der Waals surface area contributed by atoms with Gasteiger partial charge in [0.15, 0.2) is 5.03 Å². The number of benzene rings is 2. The van der Waals surface area contributed by atoms with Crippen LogP contribution in [0.4, 0.5) is 4.39 Å². The zero-order valence-electron chi connectivity index (χ0n) is 16.4. The van der Waals surface area contributed by atoms with Gasteiger partial charge in [-0.3, -0.25) is 0 Å². The summed E-state index contributed by atoms with van der Waals surface area (Å²) in [5.74, 6) is -0.434.